The van der Waals surface area contributed by atoms with Gasteiger partial charge in [-0.3, -0.25) is 4.79 Å². The number of carbonyl (C=O) groups is 1. The third kappa shape index (κ3) is 2.57. The lowest BCUT2D eigenvalue weighted by Crippen LogP contribution is -2.44. The van der Waals surface area contributed by atoms with Gasteiger partial charge in [-0.05, 0) is 36.7 Å². The zero-order chi connectivity index (χ0) is 13.3. The van der Waals surface area contributed by atoms with Crippen molar-refractivity contribution in [1.82, 2.24) is 10.6 Å². The molecular formula is C14H18N2O3. The van der Waals surface area contributed by atoms with E-state index in [0.29, 0.717) is 25.1 Å². The van der Waals surface area contributed by atoms with E-state index >= 15 is 0 Å². The van der Waals surface area contributed by atoms with Gasteiger partial charge in [0.05, 0.1) is 12.2 Å². The maximum atomic E-state index is 12.1. The van der Waals surface area contributed by atoms with Crippen molar-refractivity contribution in [2.45, 2.75) is 18.4 Å². The standard InChI is InChI=1S/C14H18N2O3/c17-13(16-9-14(18)4-5-15-8-14)11-1-2-12-10(7-11)3-6-19-12/h1-2,7,15,18H,3-6,8-9H2,(H,16,17). The molecule has 1 saturated heterocycles. The second-order valence-electron chi connectivity index (χ2n) is 5.25. The maximum absolute atomic E-state index is 12.1. The Morgan fingerprint density at radius 2 is 2.42 bits per heavy atom. The molecule has 1 fully saturated rings. The molecule has 0 radical (unpaired) electrons. The van der Waals surface area contributed by atoms with Crippen molar-refractivity contribution < 1.29 is 14.6 Å². The number of ether oxygens (including phenoxy) is 1. The monoisotopic (exact) mass is 262 g/mol. The first kappa shape index (κ1) is 12.4. The van der Waals surface area contributed by atoms with Crippen molar-refractivity contribution in [3.05, 3.63) is 29.3 Å². The summed E-state index contributed by atoms with van der Waals surface area (Å²) in [5.74, 6) is 0.727. The minimum Gasteiger partial charge on any atom is -0.493 e. The molecule has 1 amide bonds. The zero-order valence-electron chi connectivity index (χ0n) is 10.7. The molecule has 5 heteroatoms. The first-order chi connectivity index (χ1) is 9.16. The summed E-state index contributed by atoms with van der Waals surface area (Å²) < 4.78 is 5.41. The van der Waals surface area contributed by atoms with E-state index in [4.69, 9.17) is 4.74 Å². The lowest BCUT2D eigenvalue weighted by molar-refractivity contribution is 0.0562. The number of nitrogens with one attached hydrogen (secondary N) is 2. The molecule has 0 saturated carbocycles. The highest BCUT2D eigenvalue weighted by Crippen LogP contribution is 2.25. The predicted molar refractivity (Wildman–Crippen MR) is 70.4 cm³/mol. The van der Waals surface area contributed by atoms with E-state index in [9.17, 15) is 9.90 Å². The van der Waals surface area contributed by atoms with Crippen LogP contribution in [0.1, 0.15) is 22.3 Å². The first-order valence-electron chi connectivity index (χ1n) is 6.63. The summed E-state index contributed by atoms with van der Waals surface area (Å²) in [7, 11) is 0. The number of β-amino-alcohol motifs (C(OH)–C–C–N with tert-alkyl or cyclic N) is 1. The fraction of sp³-hybridized carbons (Fsp3) is 0.500. The lowest BCUT2D eigenvalue weighted by atomic mass is 10.0. The normalized spacial score (nSPS) is 24.9. The second-order valence-corrected chi connectivity index (χ2v) is 5.25. The van der Waals surface area contributed by atoms with Crippen molar-refractivity contribution in [3.63, 3.8) is 0 Å². The predicted octanol–water partition coefficient (Wildman–Crippen LogP) is 0.0757. The third-order valence-electron chi connectivity index (χ3n) is 3.75. The Morgan fingerprint density at radius 1 is 1.53 bits per heavy atom. The van der Waals surface area contributed by atoms with Crippen LogP contribution in [-0.2, 0) is 6.42 Å². The Kier molecular flexibility index (Phi) is 3.16. The van der Waals surface area contributed by atoms with Crippen LogP contribution in [0.2, 0.25) is 0 Å². The van der Waals surface area contributed by atoms with Gasteiger partial charge >= 0.3 is 0 Å². The Balaban J connectivity index is 1.64. The number of hydrogen-bond donors (Lipinski definition) is 3. The summed E-state index contributed by atoms with van der Waals surface area (Å²) >= 11 is 0. The molecule has 2 heterocycles. The summed E-state index contributed by atoms with van der Waals surface area (Å²) in [6, 6.07) is 5.47. The molecule has 1 unspecified atom stereocenters. The fourth-order valence-corrected chi connectivity index (χ4v) is 2.56. The van der Waals surface area contributed by atoms with Gasteiger partial charge in [-0.1, -0.05) is 0 Å². The van der Waals surface area contributed by atoms with Crippen molar-refractivity contribution >= 4 is 5.91 Å². The van der Waals surface area contributed by atoms with E-state index in [2.05, 4.69) is 10.6 Å². The highest BCUT2D eigenvalue weighted by atomic mass is 16.5. The van der Waals surface area contributed by atoms with Crippen LogP contribution in [0.5, 0.6) is 5.75 Å². The van der Waals surface area contributed by atoms with Crippen LogP contribution in [0.15, 0.2) is 18.2 Å². The molecule has 102 valence electrons. The molecule has 0 aliphatic carbocycles. The quantitative estimate of drug-likeness (QED) is 0.721. The number of amides is 1. The van der Waals surface area contributed by atoms with E-state index in [1.54, 1.807) is 6.07 Å². The third-order valence-corrected chi connectivity index (χ3v) is 3.75. The van der Waals surface area contributed by atoms with Crippen molar-refractivity contribution in [1.29, 1.82) is 0 Å². The molecule has 0 aromatic heterocycles. The van der Waals surface area contributed by atoms with Crippen LogP contribution in [0.3, 0.4) is 0 Å². The highest BCUT2D eigenvalue weighted by Gasteiger charge is 2.31. The molecule has 1 aromatic carbocycles. The van der Waals surface area contributed by atoms with Crippen LogP contribution in [-0.4, -0.2) is 42.9 Å². The van der Waals surface area contributed by atoms with Crippen LogP contribution in [0.25, 0.3) is 0 Å². The van der Waals surface area contributed by atoms with Gasteiger partial charge in [0, 0.05) is 25.1 Å². The van der Waals surface area contributed by atoms with E-state index in [-0.39, 0.29) is 12.5 Å². The number of carbonyl (C=O) groups excluding carboxylic acids is 1. The van der Waals surface area contributed by atoms with Gasteiger partial charge in [-0.2, -0.15) is 0 Å². The van der Waals surface area contributed by atoms with Gasteiger partial charge < -0.3 is 20.5 Å². The second kappa shape index (κ2) is 4.83. The number of rotatable bonds is 3. The molecule has 0 spiro atoms. The number of aliphatic hydroxyl groups is 1. The summed E-state index contributed by atoms with van der Waals surface area (Å²) in [6.45, 7) is 2.30. The molecule has 2 aliphatic rings. The molecule has 3 rings (SSSR count). The summed E-state index contributed by atoms with van der Waals surface area (Å²) in [4.78, 5) is 12.1. The average molecular weight is 262 g/mol. The summed E-state index contributed by atoms with van der Waals surface area (Å²) in [6.07, 6.45) is 1.52. The smallest absolute Gasteiger partial charge is 0.251 e. The van der Waals surface area contributed by atoms with Gasteiger partial charge in [0.2, 0.25) is 0 Å². The van der Waals surface area contributed by atoms with Crippen LogP contribution in [0, 0.1) is 0 Å². The molecule has 19 heavy (non-hydrogen) atoms. The largest absolute Gasteiger partial charge is 0.493 e. The summed E-state index contributed by atoms with van der Waals surface area (Å²) in [5, 5.41) is 16.0. The fourth-order valence-electron chi connectivity index (χ4n) is 2.56. The maximum Gasteiger partial charge on any atom is 0.251 e. The molecular weight excluding hydrogens is 244 g/mol. The number of hydrogen-bond acceptors (Lipinski definition) is 4. The van der Waals surface area contributed by atoms with Crippen LogP contribution < -0.4 is 15.4 Å². The van der Waals surface area contributed by atoms with Gasteiger partial charge in [0.25, 0.3) is 5.91 Å². The minimum atomic E-state index is -0.810. The Hall–Kier alpha value is -1.59. The topological polar surface area (TPSA) is 70.6 Å². The Morgan fingerprint density at radius 3 is 3.21 bits per heavy atom. The van der Waals surface area contributed by atoms with Gasteiger partial charge in [-0.25, -0.2) is 0 Å². The lowest BCUT2D eigenvalue weighted by Gasteiger charge is -2.21. The summed E-state index contributed by atoms with van der Waals surface area (Å²) in [5.41, 5.74) is 0.892. The van der Waals surface area contributed by atoms with Gasteiger partial charge in [0.1, 0.15) is 5.75 Å². The number of benzene rings is 1. The zero-order valence-corrected chi connectivity index (χ0v) is 10.7. The average Bonchev–Trinajstić information content (AvgIpc) is 3.04. The van der Waals surface area contributed by atoms with E-state index in [0.717, 1.165) is 24.3 Å². The molecule has 0 bridgehead atoms. The molecule has 2 aliphatic heterocycles. The molecule has 5 nitrogen and oxygen atoms in total. The van der Waals surface area contributed by atoms with Gasteiger partial charge in [-0.15, -0.1) is 0 Å². The Labute approximate surface area is 112 Å². The van der Waals surface area contributed by atoms with E-state index < -0.39 is 5.60 Å². The van der Waals surface area contributed by atoms with Crippen LogP contribution in [0.4, 0.5) is 0 Å². The first-order valence-corrected chi connectivity index (χ1v) is 6.63. The number of fused-ring (bicyclic) bond motifs is 1. The van der Waals surface area contributed by atoms with Gasteiger partial charge in [0.15, 0.2) is 0 Å². The molecule has 1 atom stereocenters. The Bertz CT molecular complexity index is 495. The van der Waals surface area contributed by atoms with E-state index in [1.165, 1.54) is 0 Å². The minimum absolute atomic E-state index is 0.143. The molecule has 3 N–H and O–H groups in total. The van der Waals surface area contributed by atoms with E-state index in [1.807, 2.05) is 12.1 Å². The van der Waals surface area contributed by atoms with Crippen LogP contribution >= 0.6 is 0 Å². The SMILES string of the molecule is O=C(NCC1(O)CCNC1)c1ccc2c(c1)CCO2. The molecule has 1 aromatic rings. The highest BCUT2D eigenvalue weighted by molar-refractivity contribution is 5.94. The van der Waals surface area contributed by atoms with Crippen molar-refractivity contribution in [3.8, 4) is 5.75 Å². The van der Waals surface area contributed by atoms with Crippen molar-refractivity contribution in [2.24, 2.45) is 0 Å². The van der Waals surface area contributed by atoms with Crippen molar-refractivity contribution in [2.75, 3.05) is 26.2 Å².